The highest BCUT2D eigenvalue weighted by Gasteiger charge is 2.20. The summed E-state index contributed by atoms with van der Waals surface area (Å²) >= 11 is 6.49. The Morgan fingerprint density at radius 1 is 1.07 bits per heavy atom. The average Bonchev–Trinajstić information content (AvgIpc) is 2.76. The van der Waals surface area contributed by atoms with E-state index in [-0.39, 0.29) is 0 Å². The lowest BCUT2D eigenvalue weighted by molar-refractivity contribution is 0.0699. The number of nitrogens with zero attached hydrogens (tertiary/aromatic N) is 2. The van der Waals surface area contributed by atoms with E-state index < -0.39 is 0 Å². The molecular weight excluding hydrogens is 384 g/mol. The number of pyridine rings is 2. The van der Waals surface area contributed by atoms with Gasteiger partial charge in [0.05, 0.1) is 10.7 Å². The smallest absolute Gasteiger partial charge is 0.126 e. The Balaban J connectivity index is 1.44. The summed E-state index contributed by atoms with van der Waals surface area (Å²) in [6, 6.07) is 8.56. The van der Waals surface area contributed by atoms with Gasteiger partial charge in [-0.25, -0.2) is 4.98 Å². The minimum Gasteiger partial charge on any atom is -0.381 e. The van der Waals surface area contributed by atoms with Crippen LogP contribution < -0.4 is 11.1 Å². The Bertz CT molecular complexity index is 801. The van der Waals surface area contributed by atoms with E-state index in [1.165, 1.54) is 12.8 Å². The number of nitrogens with one attached hydrogen (secondary N) is 1. The molecule has 5 nitrogen and oxygen atoms in total. The van der Waals surface area contributed by atoms with Crippen molar-refractivity contribution in [3.63, 3.8) is 0 Å². The molecule has 6 heteroatoms. The van der Waals surface area contributed by atoms with Gasteiger partial charge in [-0.2, -0.15) is 0 Å². The molecule has 2 fully saturated rings. The molecule has 4 rings (SSSR count). The Morgan fingerprint density at radius 3 is 2.66 bits per heavy atom. The van der Waals surface area contributed by atoms with Crippen molar-refractivity contribution in [1.29, 1.82) is 0 Å². The number of aromatic nitrogens is 2. The Morgan fingerprint density at radius 2 is 1.86 bits per heavy atom. The summed E-state index contributed by atoms with van der Waals surface area (Å²) in [4.78, 5) is 9.39. The monoisotopic (exact) mass is 414 g/mol. The number of nitrogens with two attached hydrogens (primary N) is 1. The fourth-order valence-corrected chi connectivity index (χ4v) is 4.56. The first kappa shape index (κ1) is 20.6. The molecule has 3 heterocycles. The summed E-state index contributed by atoms with van der Waals surface area (Å²) in [6.45, 7) is 2.66. The van der Waals surface area contributed by atoms with Gasteiger partial charge in [0.2, 0.25) is 0 Å². The van der Waals surface area contributed by atoms with Gasteiger partial charge in [0.15, 0.2) is 0 Å². The molecule has 0 spiro atoms. The molecule has 0 radical (unpaired) electrons. The van der Waals surface area contributed by atoms with E-state index in [1.807, 2.05) is 18.2 Å². The molecule has 156 valence electrons. The van der Waals surface area contributed by atoms with Crippen LogP contribution in [-0.2, 0) is 11.2 Å². The van der Waals surface area contributed by atoms with E-state index in [4.69, 9.17) is 27.1 Å². The average molecular weight is 415 g/mol. The molecule has 2 aromatic heterocycles. The van der Waals surface area contributed by atoms with Crippen LogP contribution in [0.4, 0.5) is 5.82 Å². The van der Waals surface area contributed by atoms with Crippen LogP contribution in [-0.4, -0.2) is 35.8 Å². The predicted molar refractivity (Wildman–Crippen MR) is 118 cm³/mol. The lowest BCUT2D eigenvalue weighted by atomic mass is 9.83. The Kier molecular flexibility index (Phi) is 7.01. The van der Waals surface area contributed by atoms with Crippen LogP contribution in [0.3, 0.4) is 0 Å². The maximum absolute atomic E-state index is 6.49. The Labute approximate surface area is 178 Å². The van der Waals surface area contributed by atoms with E-state index in [9.17, 15) is 0 Å². The second-order valence-electron chi connectivity index (χ2n) is 8.49. The van der Waals surface area contributed by atoms with Gasteiger partial charge in [0, 0.05) is 43.3 Å². The lowest BCUT2D eigenvalue weighted by Crippen LogP contribution is -2.27. The number of hydrogen-bond acceptors (Lipinski definition) is 5. The molecule has 1 saturated carbocycles. The summed E-state index contributed by atoms with van der Waals surface area (Å²) in [5.74, 6) is 2.20. The fraction of sp³-hybridized carbons (Fsp3) is 0.565. The number of halogens is 1. The second-order valence-corrected chi connectivity index (χ2v) is 8.89. The number of anilines is 1. The molecule has 1 aliphatic heterocycles. The molecule has 2 aromatic rings. The van der Waals surface area contributed by atoms with Gasteiger partial charge in [0.25, 0.3) is 0 Å². The van der Waals surface area contributed by atoms with Crippen LogP contribution >= 0.6 is 11.6 Å². The van der Waals surface area contributed by atoms with Crippen LogP contribution in [0.1, 0.15) is 44.2 Å². The molecule has 3 N–H and O–H groups in total. The third kappa shape index (κ3) is 5.68. The summed E-state index contributed by atoms with van der Waals surface area (Å²) in [7, 11) is 0. The topological polar surface area (TPSA) is 73.1 Å². The molecule has 2 aliphatic rings. The van der Waals surface area contributed by atoms with Crippen molar-refractivity contribution in [3.05, 3.63) is 41.2 Å². The van der Waals surface area contributed by atoms with Crippen molar-refractivity contribution in [2.24, 2.45) is 17.6 Å². The van der Waals surface area contributed by atoms with E-state index in [2.05, 4.69) is 16.4 Å². The molecule has 0 aromatic carbocycles. The van der Waals surface area contributed by atoms with Gasteiger partial charge in [-0.3, -0.25) is 4.98 Å². The summed E-state index contributed by atoms with van der Waals surface area (Å²) in [5.41, 5.74) is 8.98. The SMILES string of the molecule is NC1CCC(Cc2cc(-c3cccc(NCC4CCOCC4)n3)c(Cl)cn2)CC1. The van der Waals surface area contributed by atoms with Crippen LogP contribution in [0, 0.1) is 11.8 Å². The van der Waals surface area contributed by atoms with Crippen molar-refractivity contribution in [2.45, 2.75) is 51.0 Å². The van der Waals surface area contributed by atoms with Crippen molar-refractivity contribution < 1.29 is 4.74 Å². The zero-order chi connectivity index (χ0) is 20.1. The third-order valence-electron chi connectivity index (χ3n) is 6.24. The van der Waals surface area contributed by atoms with Crippen LogP contribution in [0.5, 0.6) is 0 Å². The maximum Gasteiger partial charge on any atom is 0.126 e. The Hall–Kier alpha value is -1.69. The van der Waals surface area contributed by atoms with Gasteiger partial charge >= 0.3 is 0 Å². The highest BCUT2D eigenvalue weighted by molar-refractivity contribution is 6.33. The predicted octanol–water partition coefficient (Wildman–Crippen LogP) is 4.70. The first-order valence-corrected chi connectivity index (χ1v) is 11.2. The van der Waals surface area contributed by atoms with Gasteiger partial charge in [-0.15, -0.1) is 0 Å². The largest absolute Gasteiger partial charge is 0.381 e. The normalized spacial score (nSPS) is 23.1. The molecule has 0 unspecified atom stereocenters. The van der Waals surface area contributed by atoms with Gasteiger partial charge in [-0.05, 0) is 75.0 Å². The van der Waals surface area contributed by atoms with E-state index >= 15 is 0 Å². The lowest BCUT2D eigenvalue weighted by Gasteiger charge is -2.25. The minimum atomic E-state index is 0.376. The molecule has 0 amide bonds. The van der Waals surface area contributed by atoms with Crippen molar-refractivity contribution in [3.8, 4) is 11.3 Å². The summed E-state index contributed by atoms with van der Waals surface area (Å²) in [5, 5.41) is 4.14. The highest BCUT2D eigenvalue weighted by atomic mass is 35.5. The van der Waals surface area contributed by atoms with Crippen molar-refractivity contribution in [1.82, 2.24) is 9.97 Å². The minimum absolute atomic E-state index is 0.376. The molecule has 0 atom stereocenters. The van der Waals surface area contributed by atoms with E-state index in [0.29, 0.717) is 22.9 Å². The number of ether oxygens (including phenoxy) is 1. The summed E-state index contributed by atoms with van der Waals surface area (Å²) < 4.78 is 5.44. The fourth-order valence-electron chi connectivity index (χ4n) is 4.36. The van der Waals surface area contributed by atoms with Crippen molar-refractivity contribution >= 4 is 17.4 Å². The number of rotatable bonds is 6. The number of hydrogen-bond donors (Lipinski definition) is 2. The quantitative estimate of drug-likeness (QED) is 0.716. The van der Waals surface area contributed by atoms with Crippen LogP contribution in [0.2, 0.25) is 5.02 Å². The molecule has 1 saturated heterocycles. The zero-order valence-electron chi connectivity index (χ0n) is 16.9. The molecule has 0 bridgehead atoms. The summed E-state index contributed by atoms with van der Waals surface area (Å²) in [6.07, 6.45) is 9.58. The maximum atomic E-state index is 6.49. The first-order chi connectivity index (χ1) is 14.2. The van der Waals surface area contributed by atoms with Gasteiger partial charge < -0.3 is 15.8 Å². The second kappa shape index (κ2) is 9.88. The molecule has 1 aliphatic carbocycles. The van der Waals surface area contributed by atoms with Crippen molar-refractivity contribution in [2.75, 3.05) is 25.1 Å². The van der Waals surface area contributed by atoms with E-state index in [1.54, 1.807) is 6.20 Å². The van der Waals surface area contributed by atoms with Crippen LogP contribution in [0.25, 0.3) is 11.3 Å². The van der Waals surface area contributed by atoms with Gasteiger partial charge in [0.1, 0.15) is 5.82 Å². The van der Waals surface area contributed by atoms with Gasteiger partial charge in [-0.1, -0.05) is 17.7 Å². The third-order valence-corrected chi connectivity index (χ3v) is 6.54. The zero-order valence-corrected chi connectivity index (χ0v) is 17.7. The molecule has 29 heavy (non-hydrogen) atoms. The first-order valence-electron chi connectivity index (χ1n) is 10.9. The van der Waals surface area contributed by atoms with Crippen LogP contribution in [0.15, 0.2) is 30.5 Å². The van der Waals surface area contributed by atoms with E-state index in [0.717, 1.165) is 74.6 Å². The highest BCUT2D eigenvalue weighted by Crippen LogP contribution is 2.30. The molecular formula is C23H31ClN4O. The standard InChI is InChI=1S/C23H31ClN4O/c24-21-15-26-19(12-16-4-6-18(25)7-5-16)13-20(21)22-2-1-3-23(28-22)27-14-17-8-10-29-11-9-17/h1-3,13,15-18H,4-12,14,25H2,(H,27,28).